The van der Waals surface area contributed by atoms with Gasteiger partial charge in [-0.25, -0.2) is 13.6 Å². The number of nitrogens with two attached hydrogens (primary N) is 1. The van der Waals surface area contributed by atoms with E-state index in [-0.39, 0.29) is 5.75 Å². The van der Waals surface area contributed by atoms with Crippen LogP contribution in [0.2, 0.25) is 0 Å². The minimum atomic E-state index is -3.37. The summed E-state index contributed by atoms with van der Waals surface area (Å²) < 4.78 is 22.6. The number of hydrogen-bond acceptors (Lipinski definition) is 4. The molecule has 0 aliphatic heterocycles. The van der Waals surface area contributed by atoms with E-state index in [4.69, 9.17) is 5.14 Å². The Kier molecular flexibility index (Phi) is 5.09. The number of aromatic nitrogens is 1. The van der Waals surface area contributed by atoms with Crippen LogP contribution in [0.25, 0.3) is 10.9 Å². The van der Waals surface area contributed by atoms with E-state index in [0.29, 0.717) is 19.5 Å². The molecule has 0 saturated heterocycles. The second kappa shape index (κ2) is 6.62. The highest BCUT2D eigenvalue weighted by Crippen LogP contribution is 2.24. The Bertz CT molecular complexity index is 704. The summed E-state index contributed by atoms with van der Waals surface area (Å²) in [5, 5.41) is 9.23. The predicted molar refractivity (Wildman–Crippen MR) is 83.7 cm³/mol. The molecule has 0 radical (unpaired) electrons. The van der Waals surface area contributed by atoms with Crippen LogP contribution in [0, 0.1) is 0 Å². The van der Waals surface area contributed by atoms with Crippen molar-refractivity contribution in [1.82, 2.24) is 10.3 Å². The summed E-state index contributed by atoms with van der Waals surface area (Å²) in [6.45, 7) is 1.24. The zero-order chi connectivity index (χ0) is 14.6. The van der Waals surface area contributed by atoms with E-state index < -0.39 is 10.0 Å². The number of benzene rings is 1. The summed E-state index contributed by atoms with van der Waals surface area (Å²) in [4.78, 5) is 4.39. The molecular weight excluding hydrogens is 342 g/mol. The second-order valence-corrected chi connectivity index (χ2v) is 7.09. The third kappa shape index (κ3) is 4.24. The summed E-state index contributed by atoms with van der Waals surface area (Å²) in [7, 11) is -3.37. The molecular formula is C13H16BrN3O2S. The fourth-order valence-electron chi connectivity index (χ4n) is 1.96. The van der Waals surface area contributed by atoms with Crippen LogP contribution in [0.15, 0.2) is 34.9 Å². The van der Waals surface area contributed by atoms with E-state index in [9.17, 15) is 8.42 Å². The Balaban J connectivity index is 1.99. The molecule has 0 aliphatic rings. The van der Waals surface area contributed by atoms with Crippen molar-refractivity contribution in [1.29, 1.82) is 0 Å². The van der Waals surface area contributed by atoms with E-state index in [1.54, 1.807) is 6.20 Å². The standard InChI is InChI=1S/C13H16BrN3O2S/c14-12-5-4-10(13-11(12)3-1-7-17-13)9-16-6-2-8-20(15,18)19/h1,3-5,7,16H,2,6,8-9H2,(H2,15,18,19). The zero-order valence-corrected chi connectivity index (χ0v) is 13.2. The summed E-state index contributed by atoms with van der Waals surface area (Å²) in [6.07, 6.45) is 2.26. The molecule has 2 rings (SSSR count). The van der Waals surface area contributed by atoms with Gasteiger partial charge < -0.3 is 5.32 Å². The Hall–Kier alpha value is -1.02. The minimum absolute atomic E-state index is 0.000659. The molecule has 0 bridgehead atoms. The number of nitrogens with zero attached hydrogens (tertiary/aromatic N) is 1. The van der Waals surface area contributed by atoms with Gasteiger partial charge >= 0.3 is 0 Å². The largest absolute Gasteiger partial charge is 0.313 e. The van der Waals surface area contributed by atoms with Gasteiger partial charge in [-0.3, -0.25) is 4.98 Å². The van der Waals surface area contributed by atoms with Crippen LogP contribution in [-0.2, 0) is 16.6 Å². The highest BCUT2D eigenvalue weighted by molar-refractivity contribution is 9.10. The van der Waals surface area contributed by atoms with Gasteiger partial charge in [-0.1, -0.05) is 28.1 Å². The fourth-order valence-corrected chi connectivity index (χ4v) is 2.96. The summed E-state index contributed by atoms with van der Waals surface area (Å²) >= 11 is 3.50. The third-order valence-electron chi connectivity index (χ3n) is 2.90. The van der Waals surface area contributed by atoms with E-state index in [0.717, 1.165) is 20.9 Å². The van der Waals surface area contributed by atoms with Crippen LogP contribution < -0.4 is 10.5 Å². The van der Waals surface area contributed by atoms with Crippen molar-refractivity contribution >= 4 is 36.9 Å². The number of fused-ring (bicyclic) bond motifs is 1. The van der Waals surface area contributed by atoms with Crippen LogP contribution in [0.5, 0.6) is 0 Å². The van der Waals surface area contributed by atoms with E-state index in [1.165, 1.54) is 0 Å². The first kappa shape index (κ1) is 15.4. The summed E-state index contributed by atoms with van der Waals surface area (Å²) in [6, 6.07) is 7.91. The van der Waals surface area contributed by atoms with Gasteiger partial charge in [-0.2, -0.15) is 0 Å². The Labute approximate surface area is 126 Å². The van der Waals surface area contributed by atoms with E-state index >= 15 is 0 Å². The average molecular weight is 358 g/mol. The van der Waals surface area contributed by atoms with E-state index in [1.807, 2.05) is 24.3 Å². The Morgan fingerprint density at radius 3 is 2.85 bits per heavy atom. The lowest BCUT2D eigenvalue weighted by molar-refractivity contribution is 0.590. The molecule has 20 heavy (non-hydrogen) atoms. The highest BCUT2D eigenvalue weighted by Gasteiger charge is 2.05. The second-order valence-electron chi connectivity index (χ2n) is 4.50. The number of rotatable bonds is 6. The molecule has 7 heteroatoms. The number of sulfonamides is 1. The molecule has 1 aromatic heterocycles. The molecule has 0 aliphatic carbocycles. The average Bonchev–Trinajstić information content (AvgIpc) is 2.40. The number of halogens is 1. The molecule has 1 heterocycles. The maximum atomic E-state index is 10.8. The predicted octanol–water partition coefficient (Wildman–Crippen LogP) is 1.77. The van der Waals surface area contributed by atoms with Crippen LogP contribution in [0.1, 0.15) is 12.0 Å². The normalized spacial score (nSPS) is 11.9. The molecule has 2 aromatic rings. The van der Waals surface area contributed by atoms with Crippen LogP contribution in [0.3, 0.4) is 0 Å². The number of nitrogens with one attached hydrogen (secondary N) is 1. The first-order valence-electron chi connectivity index (χ1n) is 6.21. The first-order chi connectivity index (χ1) is 9.47. The molecule has 0 saturated carbocycles. The molecule has 5 nitrogen and oxygen atoms in total. The van der Waals surface area contributed by atoms with E-state index in [2.05, 4.69) is 26.2 Å². The third-order valence-corrected chi connectivity index (χ3v) is 4.45. The summed E-state index contributed by atoms with van der Waals surface area (Å²) in [5.41, 5.74) is 2.03. The highest BCUT2D eigenvalue weighted by atomic mass is 79.9. The zero-order valence-electron chi connectivity index (χ0n) is 10.8. The number of hydrogen-bond donors (Lipinski definition) is 2. The SMILES string of the molecule is NS(=O)(=O)CCCNCc1ccc(Br)c2cccnc12. The molecule has 0 unspecified atom stereocenters. The lowest BCUT2D eigenvalue weighted by atomic mass is 10.1. The topological polar surface area (TPSA) is 85.1 Å². The van der Waals surface area contributed by atoms with Crippen LogP contribution in [0.4, 0.5) is 0 Å². The van der Waals surface area contributed by atoms with Crippen molar-refractivity contribution in [2.24, 2.45) is 5.14 Å². The molecule has 108 valence electrons. The van der Waals surface area contributed by atoms with Crippen molar-refractivity contribution in [2.75, 3.05) is 12.3 Å². The molecule has 0 fully saturated rings. The quantitative estimate of drug-likeness (QED) is 0.771. The van der Waals surface area contributed by atoms with Gasteiger partial charge in [0, 0.05) is 22.6 Å². The number of pyridine rings is 1. The lowest BCUT2D eigenvalue weighted by Gasteiger charge is -2.08. The number of primary sulfonamides is 1. The smallest absolute Gasteiger partial charge is 0.209 e. The molecule has 0 atom stereocenters. The summed E-state index contributed by atoms with van der Waals surface area (Å²) in [5.74, 6) is -0.000659. The molecule has 0 spiro atoms. The van der Waals surface area contributed by atoms with Gasteiger partial charge in [0.1, 0.15) is 0 Å². The molecule has 0 amide bonds. The van der Waals surface area contributed by atoms with Crippen molar-refractivity contribution < 1.29 is 8.42 Å². The maximum absolute atomic E-state index is 10.8. The van der Waals surface area contributed by atoms with Crippen molar-refractivity contribution in [3.63, 3.8) is 0 Å². The minimum Gasteiger partial charge on any atom is -0.313 e. The van der Waals surface area contributed by atoms with Crippen molar-refractivity contribution in [3.05, 3.63) is 40.5 Å². The maximum Gasteiger partial charge on any atom is 0.209 e. The van der Waals surface area contributed by atoms with Gasteiger partial charge in [0.15, 0.2) is 0 Å². The Morgan fingerprint density at radius 1 is 1.30 bits per heavy atom. The van der Waals surface area contributed by atoms with Crippen molar-refractivity contribution in [3.8, 4) is 0 Å². The lowest BCUT2D eigenvalue weighted by Crippen LogP contribution is -2.22. The fraction of sp³-hybridized carbons (Fsp3) is 0.308. The molecule has 1 aromatic carbocycles. The van der Waals surface area contributed by atoms with Gasteiger partial charge in [-0.15, -0.1) is 0 Å². The monoisotopic (exact) mass is 357 g/mol. The Morgan fingerprint density at radius 2 is 2.10 bits per heavy atom. The van der Waals surface area contributed by atoms with Gasteiger partial charge in [0.25, 0.3) is 0 Å². The van der Waals surface area contributed by atoms with Gasteiger partial charge in [0.2, 0.25) is 10.0 Å². The first-order valence-corrected chi connectivity index (χ1v) is 8.71. The van der Waals surface area contributed by atoms with Crippen LogP contribution in [-0.4, -0.2) is 25.7 Å². The molecule has 3 N–H and O–H groups in total. The van der Waals surface area contributed by atoms with Crippen molar-refractivity contribution in [2.45, 2.75) is 13.0 Å². The van der Waals surface area contributed by atoms with Crippen LogP contribution >= 0.6 is 15.9 Å². The van der Waals surface area contributed by atoms with Gasteiger partial charge in [-0.05, 0) is 30.7 Å². The van der Waals surface area contributed by atoms with Gasteiger partial charge in [0.05, 0.1) is 11.3 Å².